The molecule has 0 unspecified atom stereocenters. The first-order chi connectivity index (χ1) is 14.3. The van der Waals surface area contributed by atoms with Gasteiger partial charge in [-0.1, -0.05) is 12.1 Å². The zero-order valence-corrected chi connectivity index (χ0v) is 18.7. The van der Waals surface area contributed by atoms with E-state index in [1.165, 1.54) is 23.5 Å². The van der Waals surface area contributed by atoms with Crippen LogP contribution in [0.25, 0.3) is 0 Å². The number of carbonyl (C=O) groups is 1. The molecule has 0 fully saturated rings. The van der Waals surface area contributed by atoms with Crippen molar-refractivity contribution in [2.24, 2.45) is 0 Å². The molecule has 1 heterocycles. The van der Waals surface area contributed by atoms with Crippen molar-refractivity contribution in [3.63, 3.8) is 0 Å². The van der Waals surface area contributed by atoms with Gasteiger partial charge in [0.1, 0.15) is 5.75 Å². The van der Waals surface area contributed by atoms with Gasteiger partial charge in [-0.25, -0.2) is 8.42 Å². The summed E-state index contributed by atoms with van der Waals surface area (Å²) in [5.74, 6) is 0.369. The lowest BCUT2D eigenvalue weighted by Crippen LogP contribution is -2.28. The summed E-state index contributed by atoms with van der Waals surface area (Å²) in [7, 11) is -2.35. The van der Waals surface area contributed by atoms with Gasteiger partial charge in [0.25, 0.3) is 15.9 Å². The molecular formula is C22H24N2O4S2. The quantitative estimate of drug-likeness (QED) is 0.565. The van der Waals surface area contributed by atoms with E-state index in [4.69, 9.17) is 4.74 Å². The fraction of sp³-hybridized carbons (Fsp3) is 0.227. The van der Waals surface area contributed by atoms with Crippen LogP contribution in [0.1, 0.15) is 27.7 Å². The smallest absolute Gasteiger partial charge is 0.264 e. The normalized spacial score (nSPS) is 11.2. The zero-order valence-electron chi connectivity index (χ0n) is 17.1. The summed E-state index contributed by atoms with van der Waals surface area (Å²) < 4.78 is 32.9. The Morgan fingerprint density at radius 2 is 1.87 bits per heavy atom. The van der Waals surface area contributed by atoms with E-state index in [9.17, 15) is 13.2 Å². The number of thiophene rings is 1. The van der Waals surface area contributed by atoms with Gasteiger partial charge in [-0.2, -0.15) is 0 Å². The molecule has 0 radical (unpaired) electrons. The summed E-state index contributed by atoms with van der Waals surface area (Å²) in [4.78, 5) is 13.7. The number of aryl methyl sites for hydroxylation is 1. The first kappa shape index (κ1) is 21.9. The minimum absolute atomic E-state index is 0.0609. The van der Waals surface area contributed by atoms with Gasteiger partial charge in [0, 0.05) is 17.5 Å². The SMILES string of the molecule is CCOc1ccc(N(C)S(=O)(=O)c2ccc(C)c(C(=O)NCc3cccs3)c2)cc1. The molecule has 30 heavy (non-hydrogen) atoms. The van der Waals surface area contributed by atoms with Crippen LogP contribution < -0.4 is 14.4 Å². The van der Waals surface area contributed by atoms with Gasteiger partial charge in [0.2, 0.25) is 0 Å². The van der Waals surface area contributed by atoms with Crippen LogP contribution in [0.3, 0.4) is 0 Å². The molecule has 1 aromatic heterocycles. The summed E-state index contributed by atoms with van der Waals surface area (Å²) in [5, 5.41) is 4.79. The third-order valence-electron chi connectivity index (χ3n) is 4.63. The molecule has 1 amide bonds. The minimum atomic E-state index is -3.83. The van der Waals surface area contributed by atoms with E-state index >= 15 is 0 Å². The van der Waals surface area contributed by atoms with Crippen molar-refractivity contribution in [2.45, 2.75) is 25.3 Å². The van der Waals surface area contributed by atoms with Crippen LogP contribution in [0.4, 0.5) is 5.69 Å². The predicted molar refractivity (Wildman–Crippen MR) is 120 cm³/mol. The molecule has 0 bridgehead atoms. The van der Waals surface area contributed by atoms with Crippen molar-refractivity contribution in [1.29, 1.82) is 0 Å². The van der Waals surface area contributed by atoms with Crippen LogP contribution >= 0.6 is 11.3 Å². The van der Waals surface area contributed by atoms with E-state index in [1.54, 1.807) is 48.6 Å². The van der Waals surface area contributed by atoms with Gasteiger partial charge in [0.15, 0.2) is 0 Å². The van der Waals surface area contributed by atoms with Crippen LogP contribution in [0.2, 0.25) is 0 Å². The Balaban J connectivity index is 1.83. The number of carbonyl (C=O) groups excluding carboxylic acids is 1. The van der Waals surface area contributed by atoms with Gasteiger partial charge < -0.3 is 10.1 Å². The van der Waals surface area contributed by atoms with Crippen LogP contribution in [-0.4, -0.2) is 28.0 Å². The molecule has 0 saturated carbocycles. The second-order valence-corrected chi connectivity index (χ2v) is 9.64. The van der Waals surface area contributed by atoms with Gasteiger partial charge in [-0.3, -0.25) is 9.10 Å². The van der Waals surface area contributed by atoms with Crippen molar-refractivity contribution >= 4 is 33.0 Å². The second kappa shape index (κ2) is 9.32. The number of ether oxygens (including phenoxy) is 1. The van der Waals surface area contributed by atoms with Crippen molar-refractivity contribution in [3.05, 3.63) is 76.0 Å². The van der Waals surface area contributed by atoms with E-state index in [-0.39, 0.29) is 10.8 Å². The molecule has 2 aromatic carbocycles. The van der Waals surface area contributed by atoms with Crippen molar-refractivity contribution in [2.75, 3.05) is 18.0 Å². The number of rotatable bonds is 8. The maximum absolute atomic E-state index is 13.1. The van der Waals surface area contributed by atoms with Crippen LogP contribution in [0.5, 0.6) is 5.75 Å². The maximum atomic E-state index is 13.1. The summed E-state index contributed by atoms with van der Waals surface area (Å²) in [6.45, 7) is 4.61. The molecule has 3 rings (SSSR count). The number of benzene rings is 2. The van der Waals surface area contributed by atoms with E-state index in [2.05, 4.69) is 5.32 Å². The number of sulfonamides is 1. The van der Waals surface area contributed by atoms with Crippen LogP contribution in [0.15, 0.2) is 64.9 Å². The van der Waals surface area contributed by atoms with Gasteiger partial charge in [-0.05, 0) is 67.3 Å². The predicted octanol–water partition coefficient (Wildman–Crippen LogP) is 4.21. The standard InChI is InChI=1S/C22H24N2O4S2/c1-4-28-18-10-8-17(9-11-18)24(3)30(26,27)20-12-7-16(2)21(14-20)22(25)23-15-19-6-5-13-29-19/h5-14H,4,15H2,1-3H3,(H,23,25). The van der Waals surface area contributed by atoms with Crippen molar-refractivity contribution in [3.8, 4) is 5.75 Å². The summed E-state index contributed by atoms with van der Waals surface area (Å²) >= 11 is 1.55. The molecule has 0 spiro atoms. The highest BCUT2D eigenvalue weighted by atomic mass is 32.2. The fourth-order valence-corrected chi connectivity index (χ4v) is 4.76. The highest BCUT2D eigenvalue weighted by molar-refractivity contribution is 7.92. The Kier molecular flexibility index (Phi) is 6.79. The molecule has 0 aliphatic carbocycles. The molecule has 0 aliphatic heterocycles. The van der Waals surface area contributed by atoms with Crippen LogP contribution in [0, 0.1) is 6.92 Å². The molecule has 0 aliphatic rings. The number of anilines is 1. The Labute approximate surface area is 181 Å². The number of amides is 1. The third kappa shape index (κ3) is 4.83. The first-order valence-corrected chi connectivity index (χ1v) is 11.8. The van der Waals surface area contributed by atoms with E-state index in [0.29, 0.717) is 35.7 Å². The van der Waals surface area contributed by atoms with Gasteiger partial charge in [-0.15, -0.1) is 11.3 Å². The Bertz CT molecular complexity index is 1110. The molecular weight excluding hydrogens is 420 g/mol. The fourth-order valence-electron chi connectivity index (χ4n) is 2.90. The average molecular weight is 445 g/mol. The molecule has 0 saturated heterocycles. The Morgan fingerprint density at radius 3 is 2.50 bits per heavy atom. The van der Waals surface area contributed by atoms with Gasteiger partial charge in [0.05, 0.1) is 23.7 Å². The Hall–Kier alpha value is -2.84. The van der Waals surface area contributed by atoms with Crippen molar-refractivity contribution < 1.29 is 17.9 Å². The van der Waals surface area contributed by atoms with E-state index in [0.717, 1.165) is 4.88 Å². The minimum Gasteiger partial charge on any atom is -0.494 e. The molecule has 8 heteroatoms. The molecule has 158 valence electrons. The maximum Gasteiger partial charge on any atom is 0.264 e. The van der Waals surface area contributed by atoms with E-state index in [1.807, 2.05) is 24.4 Å². The summed E-state index contributed by atoms with van der Waals surface area (Å²) in [6, 6.07) is 15.3. The number of nitrogens with one attached hydrogen (secondary N) is 1. The lowest BCUT2D eigenvalue weighted by atomic mass is 10.1. The highest BCUT2D eigenvalue weighted by Crippen LogP contribution is 2.25. The lowest BCUT2D eigenvalue weighted by molar-refractivity contribution is 0.0950. The molecule has 6 nitrogen and oxygen atoms in total. The number of nitrogens with zero attached hydrogens (tertiary/aromatic N) is 1. The Morgan fingerprint density at radius 1 is 1.13 bits per heavy atom. The largest absolute Gasteiger partial charge is 0.494 e. The topological polar surface area (TPSA) is 75.7 Å². The van der Waals surface area contributed by atoms with Crippen molar-refractivity contribution in [1.82, 2.24) is 5.32 Å². The summed E-state index contributed by atoms with van der Waals surface area (Å²) in [5.41, 5.74) is 1.55. The van der Waals surface area contributed by atoms with E-state index < -0.39 is 10.0 Å². The second-order valence-electron chi connectivity index (χ2n) is 6.64. The third-order valence-corrected chi connectivity index (χ3v) is 7.28. The average Bonchev–Trinajstić information content (AvgIpc) is 3.26. The molecule has 1 N–H and O–H groups in total. The number of hydrogen-bond acceptors (Lipinski definition) is 5. The first-order valence-electron chi connectivity index (χ1n) is 9.46. The monoisotopic (exact) mass is 444 g/mol. The van der Waals surface area contributed by atoms with Crippen LogP contribution in [-0.2, 0) is 16.6 Å². The zero-order chi connectivity index (χ0) is 21.7. The molecule has 3 aromatic rings. The van der Waals surface area contributed by atoms with Gasteiger partial charge >= 0.3 is 0 Å². The lowest BCUT2D eigenvalue weighted by Gasteiger charge is -2.20. The highest BCUT2D eigenvalue weighted by Gasteiger charge is 2.23. The number of hydrogen-bond donors (Lipinski definition) is 1. The summed E-state index contributed by atoms with van der Waals surface area (Å²) in [6.07, 6.45) is 0. The molecule has 0 atom stereocenters.